The van der Waals surface area contributed by atoms with Gasteiger partial charge in [-0.2, -0.15) is 13.2 Å². The molecule has 0 aliphatic heterocycles. The number of rotatable bonds is 9. The first kappa shape index (κ1) is 32.4. The Balaban J connectivity index is 1.22. The molecule has 6 atom stereocenters. The second-order valence-corrected chi connectivity index (χ2v) is 14.1. The van der Waals surface area contributed by atoms with Crippen molar-refractivity contribution in [3.8, 4) is 16.9 Å². The molecule has 248 valence electrons. The molecule has 2 unspecified atom stereocenters. The maximum Gasteiger partial charge on any atom is 0.501 e. The number of ether oxygens (including phenoxy) is 1. The predicted octanol–water partition coefficient (Wildman–Crippen LogP) is 5.16. The number of carbonyl (C=O) groups is 3. The summed E-state index contributed by atoms with van der Waals surface area (Å²) in [5.41, 5.74) is -4.69. The maximum absolute atomic E-state index is 15.2. The highest BCUT2D eigenvalue weighted by Crippen LogP contribution is 2.49. The van der Waals surface area contributed by atoms with E-state index in [0.29, 0.717) is 30.5 Å². The Morgan fingerprint density at radius 1 is 1.02 bits per heavy atom. The third-order valence-electron chi connectivity index (χ3n) is 9.35. The minimum Gasteiger partial charge on any atom is -0.496 e. The lowest BCUT2D eigenvalue weighted by Gasteiger charge is -2.31. The molecule has 6 rings (SSSR count). The summed E-state index contributed by atoms with van der Waals surface area (Å²) in [5, 5.41) is 14.6. The highest BCUT2D eigenvalue weighted by molar-refractivity contribution is 7.92. The van der Waals surface area contributed by atoms with E-state index < -0.39 is 61.7 Å². The van der Waals surface area contributed by atoms with Gasteiger partial charge in [0.25, 0.3) is 15.7 Å². The third kappa shape index (κ3) is 6.03. The molecule has 3 N–H and O–H groups in total. The number of halogens is 4. The summed E-state index contributed by atoms with van der Waals surface area (Å²) in [6.45, 7) is 0. The number of methoxy groups -OCH3 is 1. The minimum absolute atomic E-state index is 0.00639. The van der Waals surface area contributed by atoms with Gasteiger partial charge in [0, 0.05) is 46.7 Å². The van der Waals surface area contributed by atoms with E-state index in [1.165, 1.54) is 25.4 Å². The van der Waals surface area contributed by atoms with E-state index in [9.17, 15) is 41.1 Å². The Morgan fingerprint density at radius 2 is 1.77 bits per heavy atom. The Kier molecular flexibility index (Phi) is 8.22. The summed E-state index contributed by atoms with van der Waals surface area (Å²) in [6.07, 6.45) is 3.92. The largest absolute Gasteiger partial charge is 0.501 e. The number of anilines is 1. The molecule has 1 aromatic heterocycles. The SMILES string of the molecule is COc1cc(F)c(-c2ccc(C3CC3C(=O)O)nc2)cc1C(=O)N[C@@H]1[C@H]2CC[C@H](C2)[C@@H]1C(=O)Nc1cccc(S(=O)(=O)C(F)(F)F)c1. The van der Waals surface area contributed by atoms with Crippen LogP contribution in [0.15, 0.2) is 59.6 Å². The number of carboxylic acids is 1. The Hall–Kier alpha value is -4.53. The van der Waals surface area contributed by atoms with Crippen LogP contribution < -0.4 is 15.4 Å². The van der Waals surface area contributed by atoms with Crippen molar-refractivity contribution in [1.29, 1.82) is 0 Å². The molecule has 47 heavy (non-hydrogen) atoms. The van der Waals surface area contributed by atoms with Crippen molar-refractivity contribution < 1.29 is 50.2 Å². The van der Waals surface area contributed by atoms with Gasteiger partial charge in [-0.25, -0.2) is 12.8 Å². The summed E-state index contributed by atoms with van der Waals surface area (Å²) >= 11 is 0. The number of aliphatic carboxylic acids is 1. The Bertz CT molecular complexity index is 1870. The standard InChI is InChI=1S/C32H29F4N3O7S/c1-46-26-13-24(33)20(17-7-8-25(37-14-17)21-12-22(21)31(42)43)11-23(26)29(40)39-28-16-6-5-15(9-16)27(28)30(41)38-18-3-2-4-19(10-18)47(44,45)32(34,35)36/h2-4,7-8,10-11,13-16,21-22,27-28H,5-6,9,12H2,1H3,(H,38,41)(H,39,40)(H,42,43)/t15-,16+,21?,22?,27+,28-/m1/s1. The zero-order valence-electron chi connectivity index (χ0n) is 24.8. The van der Waals surface area contributed by atoms with Gasteiger partial charge in [-0.05, 0) is 67.9 Å². The number of carboxylic acid groups (broad SMARTS) is 1. The first-order chi connectivity index (χ1) is 22.2. The number of fused-ring (bicyclic) bond motifs is 2. The molecular formula is C32H29F4N3O7S. The van der Waals surface area contributed by atoms with Crippen LogP contribution in [0.1, 0.15) is 47.7 Å². The normalized spacial score (nSPS) is 24.9. The Morgan fingerprint density at radius 3 is 2.40 bits per heavy atom. The zero-order valence-corrected chi connectivity index (χ0v) is 25.6. The number of alkyl halides is 3. The molecule has 2 amide bonds. The highest BCUT2D eigenvalue weighted by Gasteiger charge is 2.52. The molecule has 2 bridgehead atoms. The lowest BCUT2D eigenvalue weighted by atomic mass is 9.83. The van der Waals surface area contributed by atoms with Gasteiger partial charge in [-0.3, -0.25) is 19.4 Å². The molecule has 15 heteroatoms. The van der Waals surface area contributed by atoms with Gasteiger partial charge in [-0.15, -0.1) is 0 Å². The maximum atomic E-state index is 15.2. The number of sulfone groups is 1. The van der Waals surface area contributed by atoms with Crippen molar-refractivity contribution in [1.82, 2.24) is 10.3 Å². The van der Waals surface area contributed by atoms with Gasteiger partial charge in [0.1, 0.15) is 11.6 Å². The molecule has 0 radical (unpaired) electrons. The van der Waals surface area contributed by atoms with Crippen molar-refractivity contribution in [2.45, 2.75) is 48.0 Å². The van der Waals surface area contributed by atoms with Crippen LogP contribution >= 0.6 is 0 Å². The highest BCUT2D eigenvalue weighted by atomic mass is 32.2. The van der Waals surface area contributed by atoms with Crippen LogP contribution in [-0.4, -0.2) is 55.0 Å². The van der Waals surface area contributed by atoms with E-state index in [2.05, 4.69) is 15.6 Å². The topological polar surface area (TPSA) is 152 Å². The van der Waals surface area contributed by atoms with Crippen LogP contribution in [0.3, 0.4) is 0 Å². The molecule has 3 saturated carbocycles. The molecular weight excluding hydrogens is 646 g/mol. The van der Waals surface area contributed by atoms with E-state index in [-0.39, 0.29) is 40.3 Å². The second kappa shape index (κ2) is 11.9. The van der Waals surface area contributed by atoms with Gasteiger partial charge >= 0.3 is 11.5 Å². The van der Waals surface area contributed by atoms with Crippen molar-refractivity contribution >= 4 is 33.3 Å². The van der Waals surface area contributed by atoms with Crippen LogP contribution in [0.4, 0.5) is 23.2 Å². The minimum atomic E-state index is -5.63. The zero-order chi connectivity index (χ0) is 33.8. The van der Waals surface area contributed by atoms with Crippen LogP contribution in [0.25, 0.3) is 11.1 Å². The van der Waals surface area contributed by atoms with Gasteiger partial charge < -0.3 is 20.5 Å². The van der Waals surface area contributed by atoms with Crippen molar-refractivity contribution in [2.24, 2.45) is 23.7 Å². The monoisotopic (exact) mass is 675 g/mol. The van der Waals surface area contributed by atoms with Crippen LogP contribution in [-0.2, 0) is 19.4 Å². The van der Waals surface area contributed by atoms with Gasteiger partial charge in [0.15, 0.2) is 0 Å². The molecule has 3 aliphatic carbocycles. The number of benzene rings is 2. The van der Waals surface area contributed by atoms with E-state index in [4.69, 9.17) is 4.74 Å². The number of nitrogens with one attached hydrogen (secondary N) is 2. The number of nitrogens with zero attached hydrogens (tertiary/aromatic N) is 1. The van der Waals surface area contributed by atoms with Crippen LogP contribution in [0, 0.1) is 29.5 Å². The summed E-state index contributed by atoms with van der Waals surface area (Å²) in [6, 6.07) is 8.82. The summed E-state index contributed by atoms with van der Waals surface area (Å²) in [7, 11) is -4.36. The number of carbonyl (C=O) groups excluding carboxylic acids is 2. The number of hydrogen-bond acceptors (Lipinski definition) is 7. The third-order valence-corrected chi connectivity index (χ3v) is 10.8. The number of pyridine rings is 1. The quantitative estimate of drug-likeness (QED) is 0.263. The average Bonchev–Trinajstić information content (AvgIpc) is 3.59. The molecule has 0 spiro atoms. The van der Waals surface area contributed by atoms with E-state index in [1.807, 2.05) is 0 Å². The lowest BCUT2D eigenvalue weighted by Crippen LogP contribution is -2.48. The smallest absolute Gasteiger partial charge is 0.496 e. The fourth-order valence-corrected chi connectivity index (χ4v) is 7.71. The first-order valence-electron chi connectivity index (χ1n) is 14.8. The molecule has 2 aromatic carbocycles. The van der Waals surface area contributed by atoms with Gasteiger partial charge in [0.05, 0.1) is 29.4 Å². The second-order valence-electron chi connectivity index (χ2n) is 12.1. The van der Waals surface area contributed by atoms with Crippen LogP contribution in [0.2, 0.25) is 0 Å². The molecule has 3 fully saturated rings. The first-order valence-corrected chi connectivity index (χ1v) is 16.3. The predicted molar refractivity (Wildman–Crippen MR) is 159 cm³/mol. The molecule has 3 aliphatic rings. The van der Waals surface area contributed by atoms with E-state index in [0.717, 1.165) is 30.7 Å². The fraction of sp³-hybridized carbons (Fsp3) is 0.375. The van der Waals surface area contributed by atoms with Gasteiger partial charge in [0.2, 0.25) is 5.91 Å². The summed E-state index contributed by atoms with van der Waals surface area (Å²) in [4.78, 5) is 41.7. The van der Waals surface area contributed by atoms with E-state index in [1.54, 1.807) is 12.1 Å². The molecule has 1 heterocycles. The molecule has 10 nitrogen and oxygen atoms in total. The van der Waals surface area contributed by atoms with E-state index >= 15 is 4.39 Å². The number of amides is 2. The Labute approximate surface area is 266 Å². The summed E-state index contributed by atoms with van der Waals surface area (Å²) < 4.78 is 83.5. The van der Waals surface area contributed by atoms with Crippen molar-refractivity contribution in [3.05, 3.63) is 71.8 Å². The number of aromatic nitrogens is 1. The molecule has 3 aromatic rings. The van der Waals surface area contributed by atoms with Crippen molar-refractivity contribution in [2.75, 3.05) is 12.4 Å². The lowest BCUT2D eigenvalue weighted by molar-refractivity contribution is -0.138. The average molecular weight is 676 g/mol. The summed E-state index contributed by atoms with van der Waals surface area (Å²) in [5.74, 6) is -4.55. The molecule has 0 saturated heterocycles. The fourth-order valence-electron chi connectivity index (χ4n) is 6.91. The van der Waals surface area contributed by atoms with Crippen LogP contribution in [0.5, 0.6) is 5.75 Å². The van der Waals surface area contributed by atoms with Gasteiger partial charge in [-0.1, -0.05) is 12.1 Å². The number of hydrogen-bond donors (Lipinski definition) is 3. The van der Waals surface area contributed by atoms with Crippen molar-refractivity contribution in [3.63, 3.8) is 0 Å².